The first-order valence-electron chi connectivity index (χ1n) is 6.40. The van der Waals surface area contributed by atoms with E-state index in [1.165, 1.54) is 11.9 Å². The number of carboxylic acid groups (broad SMARTS) is 1. The summed E-state index contributed by atoms with van der Waals surface area (Å²) >= 11 is 0. The van der Waals surface area contributed by atoms with Crippen molar-refractivity contribution in [3.63, 3.8) is 0 Å². The first-order chi connectivity index (χ1) is 9.31. The fraction of sp³-hybridized carbons (Fsp3) is 0.667. The quantitative estimate of drug-likeness (QED) is 0.653. The molecule has 0 aromatic rings. The van der Waals surface area contributed by atoms with E-state index in [-0.39, 0.29) is 18.2 Å². The zero-order valence-electron chi connectivity index (χ0n) is 11.3. The van der Waals surface area contributed by atoms with Crippen LogP contribution in [-0.4, -0.2) is 64.9 Å². The van der Waals surface area contributed by atoms with Gasteiger partial charge in [0.2, 0.25) is 5.91 Å². The van der Waals surface area contributed by atoms with Gasteiger partial charge in [-0.25, -0.2) is 4.79 Å². The highest BCUT2D eigenvalue weighted by molar-refractivity contribution is 6.06. The number of aliphatic carboxylic acids is 1. The van der Waals surface area contributed by atoms with Crippen molar-refractivity contribution in [2.24, 2.45) is 11.8 Å². The van der Waals surface area contributed by atoms with Gasteiger partial charge < -0.3 is 15.3 Å². The molecule has 0 aliphatic carbocycles. The summed E-state index contributed by atoms with van der Waals surface area (Å²) in [6.45, 7) is 2.31. The minimum atomic E-state index is -0.881. The summed E-state index contributed by atoms with van der Waals surface area (Å²) in [6, 6.07) is -1.24. The lowest BCUT2D eigenvalue weighted by molar-refractivity contribution is -0.144. The molecule has 0 aromatic heterocycles. The van der Waals surface area contributed by atoms with Crippen LogP contribution in [0.1, 0.15) is 13.3 Å². The largest absolute Gasteiger partial charge is 0.481 e. The fourth-order valence-corrected chi connectivity index (χ4v) is 2.30. The molecule has 0 aromatic carbocycles. The molecule has 8 nitrogen and oxygen atoms in total. The predicted molar refractivity (Wildman–Crippen MR) is 66.6 cm³/mol. The normalized spacial score (nSPS) is 24.6. The number of rotatable bonds is 3. The SMILES string of the molecule is CC(C(=O)O)C1CN(C(=O)NC2CC(=O)N(C)C2=O)C1. The first-order valence-corrected chi connectivity index (χ1v) is 6.40. The highest BCUT2D eigenvalue weighted by atomic mass is 16.4. The van der Waals surface area contributed by atoms with Crippen molar-refractivity contribution < 1.29 is 24.3 Å². The number of likely N-dealkylation sites (N-methyl/N-ethyl adjacent to an activating group) is 1. The summed E-state index contributed by atoms with van der Waals surface area (Å²) in [6.07, 6.45) is -0.0239. The molecular weight excluding hydrogens is 266 g/mol. The van der Waals surface area contributed by atoms with Crippen LogP contribution >= 0.6 is 0 Å². The number of nitrogens with one attached hydrogen (secondary N) is 1. The van der Waals surface area contributed by atoms with E-state index in [0.717, 1.165) is 4.90 Å². The summed E-state index contributed by atoms with van der Waals surface area (Å²) in [4.78, 5) is 48.1. The Bertz CT molecular complexity index is 472. The zero-order valence-corrected chi connectivity index (χ0v) is 11.3. The third kappa shape index (κ3) is 2.45. The second-order valence-electron chi connectivity index (χ2n) is 5.29. The molecule has 20 heavy (non-hydrogen) atoms. The van der Waals surface area contributed by atoms with Gasteiger partial charge in [0, 0.05) is 26.1 Å². The molecule has 2 heterocycles. The van der Waals surface area contributed by atoms with E-state index in [1.54, 1.807) is 6.92 Å². The van der Waals surface area contributed by atoms with Crippen LogP contribution in [0.3, 0.4) is 0 Å². The van der Waals surface area contributed by atoms with Crippen molar-refractivity contribution in [1.29, 1.82) is 0 Å². The number of urea groups is 1. The molecule has 2 atom stereocenters. The molecule has 0 saturated carbocycles. The minimum Gasteiger partial charge on any atom is -0.481 e. The number of carbonyl (C=O) groups is 4. The van der Waals surface area contributed by atoms with Gasteiger partial charge in [0.1, 0.15) is 6.04 Å². The molecule has 4 amide bonds. The second-order valence-corrected chi connectivity index (χ2v) is 5.29. The molecule has 2 aliphatic rings. The molecule has 2 aliphatic heterocycles. The molecule has 0 spiro atoms. The number of amides is 4. The molecule has 2 rings (SSSR count). The monoisotopic (exact) mass is 283 g/mol. The Morgan fingerprint density at radius 3 is 2.40 bits per heavy atom. The van der Waals surface area contributed by atoms with Gasteiger partial charge in [-0.15, -0.1) is 0 Å². The predicted octanol–water partition coefficient (Wildman–Crippen LogP) is -0.894. The fourth-order valence-electron chi connectivity index (χ4n) is 2.30. The maximum absolute atomic E-state index is 11.9. The summed E-state index contributed by atoms with van der Waals surface area (Å²) in [5, 5.41) is 11.4. The Morgan fingerprint density at radius 2 is 1.95 bits per heavy atom. The number of carboxylic acids is 1. The van der Waals surface area contributed by atoms with Crippen LogP contribution in [0.15, 0.2) is 0 Å². The molecule has 2 saturated heterocycles. The second kappa shape index (κ2) is 5.10. The van der Waals surface area contributed by atoms with Crippen LogP contribution < -0.4 is 5.32 Å². The van der Waals surface area contributed by atoms with Crippen molar-refractivity contribution in [2.45, 2.75) is 19.4 Å². The number of likely N-dealkylation sites (tertiary alicyclic amines) is 2. The van der Waals surface area contributed by atoms with Gasteiger partial charge in [-0.1, -0.05) is 6.92 Å². The molecular formula is C12H17N3O5. The molecule has 2 fully saturated rings. The van der Waals surface area contributed by atoms with Gasteiger partial charge >= 0.3 is 12.0 Å². The molecule has 110 valence electrons. The van der Waals surface area contributed by atoms with E-state index in [9.17, 15) is 19.2 Å². The van der Waals surface area contributed by atoms with Crippen molar-refractivity contribution in [3.8, 4) is 0 Å². The van der Waals surface area contributed by atoms with Gasteiger partial charge in [0.05, 0.1) is 12.3 Å². The highest BCUT2D eigenvalue weighted by Crippen LogP contribution is 2.24. The van der Waals surface area contributed by atoms with Crippen LogP contribution in [0.5, 0.6) is 0 Å². The molecule has 8 heteroatoms. The third-order valence-electron chi connectivity index (χ3n) is 3.97. The zero-order chi connectivity index (χ0) is 15.0. The summed E-state index contributed by atoms with van der Waals surface area (Å²) in [5.41, 5.74) is 0. The lowest BCUT2D eigenvalue weighted by atomic mass is 9.87. The van der Waals surface area contributed by atoms with Crippen molar-refractivity contribution >= 4 is 23.8 Å². The molecule has 2 N–H and O–H groups in total. The number of hydrogen-bond acceptors (Lipinski definition) is 4. The Hall–Kier alpha value is -2.12. The first kappa shape index (κ1) is 14.3. The van der Waals surface area contributed by atoms with E-state index in [1.807, 2.05) is 0 Å². The van der Waals surface area contributed by atoms with Crippen LogP contribution in [0, 0.1) is 11.8 Å². The van der Waals surface area contributed by atoms with Gasteiger partial charge in [-0.05, 0) is 0 Å². The summed E-state index contributed by atoms with van der Waals surface area (Å²) in [7, 11) is 1.38. The number of hydrogen-bond donors (Lipinski definition) is 2. The van der Waals surface area contributed by atoms with E-state index in [4.69, 9.17) is 5.11 Å². The lowest BCUT2D eigenvalue weighted by Crippen LogP contribution is -2.58. The Balaban J connectivity index is 1.82. The van der Waals surface area contributed by atoms with Gasteiger partial charge in [-0.3, -0.25) is 19.3 Å². The molecule has 2 unspecified atom stereocenters. The van der Waals surface area contributed by atoms with E-state index in [2.05, 4.69) is 5.32 Å². The smallest absolute Gasteiger partial charge is 0.318 e. The maximum Gasteiger partial charge on any atom is 0.318 e. The third-order valence-corrected chi connectivity index (χ3v) is 3.97. The van der Waals surface area contributed by atoms with Crippen molar-refractivity contribution in [1.82, 2.24) is 15.1 Å². The number of nitrogens with zero attached hydrogens (tertiary/aromatic N) is 2. The van der Waals surface area contributed by atoms with E-state index >= 15 is 0 Å². The number of imide groups is 1. The van der Waals surface area contributed by atoms with Crippen LogP contribution in [-0.2, 0) is 14.4 Å². The molecule has 0 radical (unpaired) electrons. The standard InChI is InChI=1S/C12H17N3O5/c1-6(11(18)19)7-4-15(5-7)12(20)13-8-3-9(16)14(2)10(8)17/h6-8H,3-5H2,1-2H3,(H,13,20)(H,18,19). The summed E-state index contributed by atoms with van der Waals surface area (Å²) in [5.74, 6) is -2.18. The van der Waals surface area contributed by atoms with E-state index in [0.29, 0.717) is 13.1 Å². The topological polar surface area (TPSA) is 107 Å². The van der Waals surface area contributed by atoms with Crippen LogP contribution in [0.2, 0.25) is 0 Å². The van der Waals surface area contributed by atoms with Crippen LogP contribution in [0.4, 0.5) is 4.79 Å². The lowest BCUT2D eigenvalue weighted by Gasteiger charge is -2.41. The Kier molecular flexibility index (Phi) is 3.65. The van der Waals surface area contributed by atoms with Gasteiger partial charge in [-0.2, -0.15) is 0 Å². The Morgan fingerprint density at radius 1 is 1.35 bits per heavy atom. The maximum atomic E-state index is 11.9. The van der Waals surface area contributed by atoms with Crippen molar-refractivity contribution in [3.05, 3.63) is 0 Å². The summed E-state index contributed by atoms with van der Waals surface area (Å²) < 4.78 is 0. The van der Waals surface area contributed by atoms with Crippen LogP contribution in [0.25, 0.3) is 0 Å². The van der Waals surface area contributed by atoms with E-state index < -0.39 is 29.9 Å². The van der Waals surface area contributed by atoms with Gasteiger partial charge in [0.15, 0.2) is 0 Å². The van der Waals surface area contributed by atoms with Crippen molar-refractivity contribution in [2.75, 3.05) is 20.1 Å². The number of carbonyl (C=O) groups excluding carboxylic acids is 3. The van der Waals surface area contributed by atoms with Gasteiger partial charge in [0.25, 0.3) is 5.91 Å². The average Bonchev–Trinajstić information content (AvgIpc) is 2.55. The average molecular weight is 283 g/mol. The molecule has 0 bridgehead atoms. The minimum absolute atomic E-state index is 0.0239. The highest BCUT2D eigenvalue weighted by Gasteiger charge is 2.41. The Labute approximate surface area is 115 Å².